The van der Waals surface area contributed by atoms with Gasteiger partial charge >= 0.3 is 12.2 Å². The number of fused-ring (bicyclic) bond motifs is 6. The molecule has 9 atom stereocenters. The summed E-state index contributed by atoms with van der Waals surface area (Å²) in [5, 5.41) is 25.0. The van der Waals surface area contributed by atoms with Gasteiger partial charge in [-0.2, -0.15) is 0 Å². The van der Waals surface area contributed by atoms with Gasteiger partial charge in [0.1, 0.15) is 78.7 Å². The van der Waals surface area contributed by atoms with Crippen molar-refractivity contribution in [3.63, 3.8) is 0 Å². The third-order valence-corrected chi connectivity index (χ3v) is 32.1. The first-order valence-corrected chi connectivity index (χ1v) is 47.6. The van der Waals surface area contributed by atoms with Gasteiger partial charge in [0.2, 0.25) is 59.1 Å². The van der Waals surface area contributed by atoms with E-state index >= 15 is 28.8 Å². The van der Waals surface area contributed by atoms with Crippen LogP contribution in [0.3, 0.4) is 0 Å². The molecule has 2 aliphatic rings. The number of hydrogen-bond acceptors (Lipinski definition) is 19. The highest BCUT2D eigenvalue weighted by molar-refractivity contribution is 8.22. The van der Waals surface area contributed by atoms with Crippen LogP contribution in [0.2, 0.25) is 0 Å². The van der Waals surface area contributed by atoms with Gasteiger partial charge in [-0.25, -0.2) is 24.4 Å². The topological polar surface area (TPSA) is 427 Å². The lowest BCUT2D eigenvalue weighted by atomic mass is 9.98. The minimum atomic E-state index is -3.82. The summed E-state index contributed by atoms with van der Waals surface area (Å²) in [5.74, 6) is -13.2. The normalized spacial score (nSPS) is 14.4. The molecular formula is C94H104N14O16P2S2. The van der Waals surface area contributed by atoms with Crippen LogP contribution < -0.4 is 74.8 Å². The van der Waals surface area contributed by atoms with E-state index in [0.717, 1.165) is 44.5 Å². The van der Waals surface area contributed by atoms with Crippen LogP contribution in [-0.2, 0) is 97.0 Å². The largest absolute Gasteiger partial charge is 0.448 e. The number of H-pyrrole nitrogens is 1. The maximum Gasteiger partial charge on any atom is 0.417 e. The fourth-order valence-corrected chi connectivity index (χ4v) is 23.3. The molecule has 8 aromatic carbocycles. The van der Waals surface area contributed by atoms with Crippen molar-refractivity contribution in [2.45, 2.75) is 160 Å². The van der Waals surface area contributed by atoms with E-state index in [0.29, 0.717) is 31.0 Å². The summed E-state index contributed by atoms with van der Waals surface area (Å²) in [6.45, 7) is 13.4. The molecule has 0 aliphatic heterocycles. The van der Waals surface area contributed by atoms with E-state index in [4.69, 9.17) is 38.8 Å². The van der Waals surface area contributed by atoms with Crippen molar-refractivity contribution < 1.29 is 76.6 Å². The Balaban J connectivity index is 1.05. The van der Waals surface area contributed by atoms with Crippen molar-refractivity contribution in [2.24, 2.45) is 5.73 Å². The van der Waals surface area contributed by atoms with Gasteiger partial charge in [0, 0.05) is 55.8 Å². The standard InChI is InChI=1S/C94H104N14O16P2S2/c1-55(80(95)110)102-89(119)93(8,9)106-84(114)59(5)100-86(116)78(52-125(127,63-32-16-12-17-33-63)64-34-18-13-19-35-64)107(91(121)123-50-75-71-44-28-24-40-67(71)68-41-25-29-45-72(68)75)88(118)79(53-126(128,65-36-20-14-21-37-65)66-38-22-15-23-39-66)108(92(122)124-51-76-73-46-30-26-42-69(73)70-43-27-31-47-74(70)76)87(117)60(6)101-81(111)56(2)99-85(115)77(48-62-49-96-54-97-62)104-82(112)57(3)103-90(120)94(10,11)105-83(113)58(4)98-61(7)109/h12-47,49,54-60,75-79H,48,50-53H2,1-11H3,(H2,95,110)(H,96,97)(H,98,109)(H,99,115)(H,100,116)(H,101,111)(H,102,119)(H,103,120)(H,104,112)(H,105,113)(H,106,114)/t55-,56-,57-,58-,59-,60-,77-,78-,79-/m0/s1. The molecule has 30 nitrogen and oxygen atoms in total. The van der Waals surface area contributed by atoms with Crippen molar-refractivity contribution in [3.8, 4) is 22.3 Å². The number of rotatable bonds is 36. The highest BCUT2D eigenvalue weighted by Gasteiger charge is 2.51. The molecule has 1 heterocycles. The number of imidazole rings is 1. The zero-order chi connectivity index (χ0) is 92.7. The average molecular weight is 1810 g/mol. The molecule has 0 spiro atoms. The number of nitrogens with zero attached hydrogens (tertiary/aromatic N) is 3. The smallest absolute Gasteiger partial charge is 0.417 e. The summed E-state index contributed by atoms with van der Waals surface area (Å²) < 4.78 is 13.1. The van der Waals surface area contributed by atoms with Crippen LogP contribution in [0.15, 0.2) is 231 Å². The van der Waals surface area contributed by atoms with E-state index in [1.807, 2.05) is 97.1 Å². The monoisotopic (exact) mass is 1810 g/mol. The second-order valence-corrected chi connectivity index (χ2v) is 42.2. The summed E-state index contributed by atoms with van der Waals surface area (Å²) >= 11 is 14.1. The van der Waals surface area contributed by atoms with Gasteiger partial charge in [0.15, 0.2) is 0 Å². The first-order chi connectivity index (χ1) is 60.8. The molecule has 0 radical (unpaired) electrons. The fourth-order valence-electron chi connectivity index (χ4n) is 15.4. The minimum absolute atomic E-state index is 0.263. The van der Waals surface area contributed by atoms with Crippen LogP contribution in [0.4, 0.5) is 9.59 Å². The third kappa shape index (κ3) is 22.3. The Morgan fingerprint density at radius 2 is 0.734 bits per heavy atom. The molecule has 12 N–H and O–H groups in total. The maximum atomic E-state index is 18.2. The van der Waals surface area contributed by atoms with Crippen LogP contribution in [-0.4, -0.2) is 194 Å². The summed E-state index contributed by atoms with van der Waals surface area (Å²) in [5.41, 5.74) is 8.50. The number of aromatic nitrogens is 2. The summed E-state index contributed by atoms with van der Waals surface area (Å²) in [6.07, 6.45) is -1.92. The molecule has 11 rings (SSSR count). The molecule has 34 heteroatoms. The van der Waals surface area contributed by atoms with E-state index < -0.39 is 198 Å². The number of aromatic amines is 1. The number of ether oxygens (including phenoxy) is 2. The number of nitrogens with two attached hydrogens (primary N) is 1. The van der Waals surface area contributed by atoms with Crippen LogP contribution in [0.25, 0.3) is 22.3 Å². The molecule has 668 valence electrons. The van der Waals surface area contributed by atoms with Crippen LogP contribution in [0, 0.1) is 0 Å². The lowest BCUT2D eigenvalue weighted by Crippen LogP contribution is -2.65. The van der Waals surface area contributed by atoms with E-state index in [1.54, 1.807) is 121 Å². The number of primary amides is 1. The summed E-state index contributed by atoms with van der Waals surface area (Å²) in [7, 11) is 0. The van der Waals surface area contributed by atoms with Crippen molar-refractivity contribution in [1.82, 2.24) is 67.6 Å². The Bertz CT molecular complexity index is 5600. The zero-order valence-electron chi connectivity index (χ0n) is 72.5. The molecule has 14 amide bonds. The van der Waals surface area contributed by atoms with E-state index in [-0.39, 0.29) is 12.1 Å². The van der Waals surface area contributed by atoms with Crippen LogP contribution in [0.1, 0.15) is 116 Å². The van der Waals surface area contributed by atoms with Crippen molar-refractivity contribution >= 4 is 140 Å². The third-order valence-electron chi connectivity index (χ3n) is 22.5. The first kappa shape index (κ1) is 95.5. The number of imide groups is 2. The minimum Gasteiger partial charge on any atom is -0.448 e. The Kier molecular flexibility index (Phi) is 31.0. The van der Waals surface area contributed by atoms with Gasteiger partial charge in [-0.3, -0.25) is 57.5 Å². The molecule has 2 aliphatic carbocycles. The molecular weight excluding hydrogens is 1710 g/mol. The lowest BCUT2D eigenvalue weighted by Gasteiger charge is -2.39. The highest BCUT2D eigenvalue weighted by Crippen LogP contribution is 2.50. The quantitative estimate of drug-likeness (QED) is 0.0191. The molecule has 128 heavy (non-hydrogen) atoms. The highest BCUT2D eigenvalue weighted by atomic mass is 32.4. The maximum absolute atomic E-state index is 18.2. The van der Waals surface area contributed by atoms with Crippen molar-refractivity contribution in [1.29, 1.82) is 0 Å². The summed E-state index contributed by atoms with van der Waals surface area (Å²) in [4.78, 5) is 217. The van der Waals surface area contributed by atoms with E-state index in [2.05, 4.69) is 57.8 Å². The Morgan fingerprint density at radius 3 is 1.12 bits per heavy atom. The molecule has 9 aromatic rings. The molecule has 0 saturated heterocycles. The van der Waals surface area contributed by atoms with Crippen LogP contribution in [0.5, 0.6) is 0 Å². The Morgan fingerprint density at radius 1 is 0.406 bits per heavy atom. The summed E-state index contributed by atoms with van der Waals surface area (Å²) in [6, 6.07) is 41.7. The van der Waals surface area contributed by atoms with Gasteiger partial charge < -0.3 is 68.0 Å². The van der Waals surface area contributed by atoms with Gasteiger partial charge in [0.05, 0.1) is 12.0 Å². The van der Waals surface area contributed by atoms with Crippen molar-refractivity contribution in [2.75, 3.05) is 25.5 Å². The molecule has 0 fully saturated rings. The number of hydrogen-bond donors (Lipinski definition) is 11. The number of amides is 14. The fraction of sp³-hybridized carbons (Fsp3) is 0.309. The second-order valence-electron chi connectivity index (χ2n) is 32.7. The van der Waals surface area contributed by atoms with Gasteiger partial charge in [-0.1, -0.05) is 242 Å². The molecule has 0 unspecified atom stereocenters. The van der Waals surface area contributed by atoms with E-state index in [9.17, 15) is 38.4 Å². The predicted molar refractivity (Wildman–Crippen MR) is 493 cm³/mol. The van der Waals surface area contributed by atoms with Gasteiger partial charge in [-0.05, 0) is 135 Å². The number of carbonyl (C=O) groups excluding carboxylic acids is 14. The average Bonchev–Trinajstić information content (AvgIpc) is 0.974. The first-order valence-electron chi connectivity index (χ1n) is 41.6. The van der Waals surface area contributed by atoms with Crippen LogP contribution >= 0.6 is 12.1 Å². The SMILES string of the molecule is CC(=O)N[C@@H](C)C(=O)NC(C)(C)C(=O)N[C@@H](C)C(=O)N[C@@H](Cc1c[nH]cn1)C(=O)N[C@@H](C)C(=O)N[C@@H](C)C(=O)N(C(=O)OCC1c2ccccc2-c2ccccc21)[C@@H](CP(=S)(c1ccccc1)c1ccccc1)C(=O)N(C(=O)OCC1c2ccccc2-c2ccccc21)[C@@H](CP(=S)(c1ccccc1)c1ccccc1)C(=O)N[C@@H](C)C(=O)NC(C)(C)C(=O)N[C@@H](C)C(N)=O. The number of nitrogens with one attached hydrogen (secondary N) is 10. The second kappa shape index (κ2) is 41.5. The molecule has 0 bridgehead atoms. The van der Waals surface area contributed by atoms with Gasteiger partial charge in [-0.15, -0.1) is 0 Å². The lowest BCUT2D eigenvalue weighted by molar-refractivity contribution is -0.147. The van der Waals surface area contributed by atoms with Crippen molar-refractivity contribution in [3.05, 3.63) is 259 Å². The number of benzene rings is 8. The molecule has 0 saturated carbocycles. The zero-order valence-corrected chi connectivity index (χ0v) is 75.9. The van der Waals surface area contributed by atoms with Gasteiger partial charge in [0.25, 0.3) is 11.8 Å². The Labute approximate surface area is 752 Å². The predicted octanol–water partition coefficient (Wildman–Crippen LogP) is 6.31. The number of carbonyl (C=O) groups is 14. The molecule has 1 aromatic heterocycles. The van der Waals surface area contributed by atoms with E-state index in [1.165, 1.54) is 88.7 Å². The Hall–Kier alpha value is -13.2.